The summed E-state index contributed by atoms with van der Waals surface area (Å²) in [4.78, 5) is 15.2. The van der Waals surface area contributed by atoms with Crippen molar-refractivity contribution in [2.24, 2.45) is 0 Å². The van der Waals surface area contributed by atoms with E-state index in [0.29, 0.717) is 13.0 Å². The molecule has 29 heavy (non-hydrogen) atoms. The van der Waals surface area contributed by atoms with E-state index < -0.39 is 0 Å². The van der Waals surface area contributed by atoms with E-state index in [9.17, 15) is 4.79 Å². The summed E-state index contributed by atoms with van der Waals surface area (Å²) in [6, 6.07) is 26.2. The zero-order chi connectivity index (χ0) is 20.1. The molecule has 0 saturated carbocycles. The zero-order valence-electron chi connectivity index (χ0n) is 16.6. The molecule has 4 nitrogen and oxygen atoms in total. The van der Waals surface area contributed by atoms with E-state index in [-0.39, 0.29) is 18.7 Å². The predicted octanol–water partition coefficient (Wildman–Crippen LogP) is 5.14. The summed E-state index contributed by atoms with van der Waals surface area (Å²) >= 11 is 0. The van der Waals surface area contributed by atoms with Crippen LogP contribution in [0.2, 0.25) is 0 Å². The Morgan fingerprint density at radius 3 is 2.34 bits per heavy atom. The molecule has 1 unspecified atom stereocenters. The lowest BCUT2D eigenvalue weighted by molar-refractivity contribution is -0.134. The number of ether oxygens (including phenoxy) is 2. The number of benzene rings is 3. The van der Waals surface area contributed by atoms with Crippen LogP contribution in [0.5, 0.6) is 11.5 Å². The summed E-state index contributed by atoms with van der Waals surface area (Å²) in [5.74, 6) is 1.64. The molecule has 0 radical (unpaired) electrons. The van der Waals surface area contributed by atoms with Gasteiger partial charge in [0.2, 0.25) is 12.7 Å². The molecule has 1 aliphatic rings. The zero-order valence-corrected chi connectivity index (χ0v) is 16.6. The van der Waals surface area contributed by atoms with Gasteiger partial charge in [0.15, 0.2) is 11.5 Å². The molecule has 0 fully saturated rings. The highest BCUT2D eigenvalue weighted by Gasteiger charge is 2.23. The standard InChI is InChI=1S/C25H25NO3/c1-19(22-10-6-3-7-11-22)26(25(27)15-13-20-8-4-2-5-9-20)17-21-12-14-23-24(16-21)29-18-28-23/h2-12,14,16,19H,13,15,17-18H2,1H3. The first-order chi connectivity index (χ1) is 14.2. The summed E-state index contributed by atoms with van der Waals surface area (Å²) in [6.07, 6.45) is 1.21. The Morgan fingerprint density at radius 1 is 0.897 bits per heavy atom. The maximum absolute atomic E-state index is 13.2. The van der Waals surface area contributed by atoms with Crippen LogP contribution in [-0.4, -0.2) is 17.6 Å². The van der Waals surface area contributed by atoms with Crippen molar-refractivity contribution in [2.75, 3.05) is 6.79 Å². The molecule has 0 bridgehead atoms. The van der Waals surface area contributed by atoms with Crippen molar-refractivity contribution >= 4 is 5.91 Å². The lowest BCUT2D eigenvalue weighted by Crippen LogP contribution is -2.33. The molecular weight excluding hydrogens is 362 g/mol. The first-order valence-corrected chi connectivity index (χ1v) is 9.97. The molecule has 0 N–H and O–H groups in total. The molecule has 0 spiro atoms. The van der Waals surface area contributed by atoms with E-state index in [1.54, 1.807) is 0 Å². The van der Waals surface area contributed by atoms with Gasteiger partial charge in [-0.25, -0.2) is 0 Å². The molecule has 1 aliphatic heterocycles. The van der Waals surface area contributed by atoms with Crippen LogP contribution in [0.15, 0.2) is 78.9 Å². The topological polar surface area (TPSA) is 38.8 Å². The minimum atomic E-state index is -0.0232. The van der Waals surface area contributed by atoms with Gasteiger partial charge in [-0.15, -0.1) is 0 Å². The van der Waals surface area contributed by atoms with Crippen molar-refractivity contribution in [1.29, 1.82) is 0 Å². The van der Waals surface area contributed by atoms with Gasteiger partial charge in [0.1, 0.15) is 0 Å². The number of carbonyl (C=O) groups excluding carboxylic acids is 1. The monoisotopic (exact) mass is 387 g/mol. The average Bonchev–Trinajstić information content (AvgIpc) is 3.24. The maximum Gasteiger partial charge on any atom is 0.231 e. The quantitative estimate of drug-likeness (QED) is 0.564. The number of hydrogen-bond acceptors (Lipinski definition) is 3. The molecule has 4 heteroatoms. The SMILES string of the molecule is CC(c1ccccc1)N(Cc1ccc2c(c1)OCO2)C(=O)CCc1ccccc1. The summed E-state index contributed by atoms with van der Waals surface area (Å²) in [5.41, 5.74) is 3.34. The third kappa shape index (κ3) is 4.60. The molecule has 0 aromatic heterocycles. The Balaban J connectivity index is 1.54. The predicted molar refractivity (Wildman–Crippen MR) is 113 cm³/mol. The van der Waals surface area contributed by atoms with Crippen LogP contribution in [0.25, 0.3) is 0 Å². The highest BCUT2D eigenvalue weighted by Crippen LogP contribution is 2.33. The van der Waals surface area contributed by atoms with Crippen LogP contribution in [0.1, 0.15) is 36.1 Å². The molecule has 1 atom stereocenters. The normalized spacial score (nSPS) is 13.1. The van der Waals surface area contributed by atoms with Gasteiger partial charge in [-0.2, -0.15) is 0 Å². The first kappa shape index (κ1) is 19.1. The number of amides is 1. The van der Waals surface area contributed by atoms with E-state index in [4.69, 9.17) is 9.47 Å². The number of carbonyl (C=O) groups is 1. The number of fused-ring (bicyclic) bond motifs is 1. The van der Waals surface area contributed by atoms with Crippen molar-refractivity contribution in [3.8, 4) is 11.5 Å². The average molecular weight is 387 g/mol. The van der Waals surface area contributed by atoms with Crippen molar-refractivity contribution < 1.29 is 14.3 Å². The lowest BCUT2D eigenvalue weighted by atomic mass is 10.0. The highest BCUT2D eigenvalue weighted by atomic mass is 16.7. The van der Waals surface area contributed by atoms with Gasteiger partial charge in [-0.05, 0) is 42.2 Å². The summed E-state index contributed by atoms with van der Waals surface area (Å²) in [6.45, 7) is 2.86. The number of aryl methyl sites for hydroxylation is 1. The van der Waals surface area contributed by atoms with Gasteiger partial charge in [0.25, 0.3) is 0 Å². The van der Waals surface area contributed by atoms with Crippen molar-refractivity contribution in [1.82, 2.24) is 4.90 Å². The van der Waals surface area contributed by atoms with Crippen molar-refractivity contribution in [2.45, 2.75) is 32.4 Å². The van der Waals surface area contributed by atoms with Gasteiger partial charge in [0, 0.05) is 13.0 Å². The molecule has 0 saturated heterocycles. The smallest absolute Gasteiger partial charge is 0.231 e. The van der Waals surface area contributed by atoms with Crippen molar-refractivity contribution in [3.63, 3.8) is 0 Å². The van der Waals surface area contributed by atoms with E-state index in [1.165, 1.54) is 5.56 Å². The Hall–Kier alpha value is -3.27. The number of hydrogen-bond donors (Lipinski definition) is 0. The van der Waals surface area contributed by atoms with E-state index in [2.05, 4.69) is 31.2 Å². The molecule has 4 rings (SSSR count). The largest absolute Gasteiger partial charge is 0.454 e. The van der Waals surface area contributed by atoms with Gasteiger partial charge in [-0.3, -0.25) is 4.79 Å². The van der Waals surface area contributed by atoms with Gasteiger partial charge >= 0.3 is 0 Å². The number of rotatable bonds is 7. The molecule has 148 valence electrons. The third-order valence-corrected chi connectivity index (χ3v) is 5.33. The van der Waals surface area contributed by atoms with E-state index in [1.807, 2.05) is 59.5 Å². The Labute approximate surface area is 171 Å². The molecule has 3 aromatic carbocycles. The van der Waals surface area contributed by atoms with E-state index >= 15 is 0 Å². The maximum atomic E-state index is 13.2. The van der Waals surface area contributed by atoms with Gasteiger partial charge in [0.05, 0.1) is 6.04 Å². The fourth-order valence-corrected chi connectivity index (χ4v) is 3.63. The second kappa shape index (κ2) is 8.82. The minimum absolute atomic E-state index is 0.0232. The first-order valence-electron chi connectivity index (χ1n) is 9.97. The van der Waals surface area contributed by atoms with Crippen molar-refractivity contribution in [3.05, 3.63) is 95.6 Å². The second-order valence-corrected chi connectivity index (χ2v) is 7.28. The molecule has 1 heterocycles. The fourth-order valence-electron chi connectivity index (χ4n) is 3.63. The number of nitrogens with zero attached hydrogens (tertiary/aromatic N) is 1. The molecular formula is C25H25NO3. The highest BCUT2D eigenvalue weighted by molar-refractivity contribution is 5.77. The van der Waals surface area contributed by atoms with Crippen LogP contribution >= 0.6 is 0 Å². The summed E-state index contributed by atoms with van der Waals surface area (Å²) in [5, 5.41) is 0. The fraction of sp³-hybridized carbons (Fsp3) is 0.240. The molecule has 3 aromatic rings. The van der Waals surface area contributed by atoms with Crippen LogP contribution in [0, 0.1) is 0 Å². The van der Waals surface area contributed by atoms with Crippen LogP contribution in [-0.2, 0) is 17.8 Å². The van der Waals surface area contributed by atoms with Crippen LogP contribution < -0.4 is 9.47 Å². The summed E-state index contributed by atoms with van der Waals surface area (Å²) in [7, 11) is 0. The Kier molecular flexibility index (Phi) is 5.80. The summed E-state index contributed by atoms with van der Waals surface area (Å²) < 4.78 is 10.9. The van der Waals surface area contributed by atoms with Gasteiger partial charge < -0.3 is 14.4 Å². The lowest BCUT2D eigenvalue weighted by Gasteiger charge is -2.30. The molecule has 0 aliphatic carbocycles. The van der Waals surface area contributed by atoms with Gasteiger partial charge in [-0.1, -0.05) is 66.7 Å². The minimum Gasteiger partial charge on any atom is -0.454 e. The second-order valence-electron chi connectivity index (χ2n) is 7.28. The van der Waals surface area contributed by atoms with Crippen LogP contribution in [0.3, 0.4) is 0 Å². The third-order valence-electron chi connectivity index (χ3n) is 5.33. The molecule has 1 amide bonds. The van der Waals surface area contributed by atoms with Crippen LogP contribution in [0.4, 0.5) is 0 Å². The van der Waals surface area contributed by atoms with E-state index in [0.717, 1.165) is 29.0 Å². The Morgan fingerprint density at radius 2 is 1.59 bits per heavy atom. The Bertz CT molecular complexity index is 956.